The van der Waals surface area contributed by atoms with Crippen LogP contribution in [0, 0.1) is 5.41 Å². The topological polar surface area (TPSA) is 146 Å². The lowest BCUT2D eigenvalue weighted by molar-refractivity contribution is -0.118. The molecule has 6 N–H and O–H groups in total. The average molecular weight is 329 g/mol. The minimum atomic E-state index is -1.06. The van der Waals surface area contributed by atoms with E-state index in [2.05, 4.69) is 5.32 Å². The van der Waals surface area contributed by atoms with E-state index in [1.807, 2.05) is 0 Å². The van der Waals surface area contributed by atoms with Crippen molar-refractivity contribution in [3.63, 3.8) is 0 Å². The summed E-state index contributed by atoms with van der Waals surface area (Å²) in [5.41, 5.74) is 6.22. The summed E-state index contributed by atoms with van der Waals surface area (Å²) in [6, 6.07) is 9.75. The van der Waals surface area contributed by atoms with E-state index < -0.39 is 11.9 Å². The summed E-state index contributed by atoms with van der Waals surface area (Å²) in [6.45, 7) is -0.379. The molecule has 1 amide bonds. The third-order valence-electron chi connectivity index (χ3n) is 3.05. The first-order valence-corrected chi connectivity index (χ1v) is 6.80. The molecule has 0 unspecified atom stereocenters. The van der Waals surface area contributed by atoms with E-state index in [0.29, 0.717) is 11.3 Å². The molecule has 0 atom stereocenters. The summed E-state index contributed by atoms with van der Waals surface area (Å²) in [4.78, 5) is 22.6. The van der Waals surface area contributed by atoms with Crippen molar-refractivity contribution >= 4 is 23.4 Å². The number of phenols is 1. The van der Waals surface area contributed by atoms with Gasteiger partial charge in [-0.25, -0.2) is 4.79 Å². The molecular weight excluding hydrogens is 314 g/mol. The van der Waals surface area contributed by atoms with Gasteiger partial charge in [-0.2, -0.15) is 0 Å². The summed E-state index contributed by atoms with van der Waals surface area (Å²) in [5, 5.41) is 28.3. The Labute approximate surface area is 137 Å². The summed E-state index contributed by atoms with van der Waals surface area (Å²) in [5.74, 6) is -1.90. The van der Waals surface area contributed by atoms with E-state index in [-0.39, 0.29) is 29.5 Å². The number of anilines is 1. The van der Waals surface area contributed by atoms with Gasteiger partial charge in [-0.1, -0.05) is 0 Å². The van der Waals surface area contributed by atoms with Gasteiger partial charge in [-0.3, -0.25) is 10.2 Å². The molecule has 0 saturated heterocycles. The number of nitrogen functional groups attached to an aromatic ring is 1. The van der Waals surface area contributed by atoms with Crippen LogP contribution in [0.15, 0.2) is 42.5 Å². The second-order valence-electron chi connectivity index (χ2n) is 4.82. The van der Waals surface area contributed by atoms with Gasteiger partial charge >= 0.3 is 5.97 Å². The number of amides is 1. The van der Waals surface area contributed by atoms with Crippen LogP contribution in [0.1, 0.15) is 15.9 Å². The quantitative estimate of drug-likeness (QED) is 0.400. The molecule has 0 aliphatic rings. The smallest absolute Gasteiger partial charge is 0.335 e. The number of carbonyl (C=O) groups excluding carboxylic acids is 1. The molecule has 2 aromatic carbocycles. The summed E-state index contributed by atoms with van der Waals surface area (Å²) in [7, 11) is 0. The number of hydrogen-bond acceptors (Lipinski definition) is 5. The minimum absolute atomic E-state index is 0.0269. The van der Waals surface area contributed by atoms with E-state index >= 15 is 0 Å². The van der Waals surface area contributed by atoms with Crippen molar-refractivity contribution < 1.29 is 24.5 Å². The highest BCUT2D eigenvalue weighted by Gasteiger charge is 2.09. The number of nitrogens with two attached hydrogens (primary N) is 1. The Morgan fingerprint density at radius 1 is 1.12 bits per heavy atom. The molecule has 8 heteroatoms. The van der Waals surface area contributed by atoms with Crippen LogP contribution in [0.25, 0.3) is 0 Å². The summed E-state index contributed by atoms with van der Waals surface area (Å²) < 4.78 is 5.22. The van der Waals surface area contributed by atoms with Gasteiger partial charge in [0.15, 0.2) is 18.1 Å². The summed E-state index contributed by atoms with van der Waals surface area (Å²) >= 11 is 0. The first-order chi connectivity index (χ1) is 11.4. The molecule has 0 radical (unpaired) electrons. The molecule has 124 valence electrons. The molecule has 0 bridgehead atoms. The number of rotatable bonds is 6. The van der Waals surface area contributed by atoms with Crippen LogP contribution in [-0.2, 0) is 4.79 Å². The highest BCUT2D eigenvalue weighted by Crippen LogP contribution is 2.26. The van der Waals surface area contributed by atoms with E-state index in [9.17, 15) is 14.7 Å². The number of hydrogen-bond donors (Lipinski definition) is 5. The number of phenolic OH excluding ortho intramolecular Hbond substituents is 1. The second-order valence-corrected chi connectivity index (χ2v) is 4.82. The fourth-order valence-electron chi connectivity index (χ4n) is 1.83. The normalized spacial score (nSPS) is 10.0. The minimum Gasteiger partial charge on any atom is -0.504 e. The Kier molecular flexibility index (Phi) is 5.00. The van der Waals surface area contributed by atoms with Crippen molar-refractivity contribution in [2.24, 2.45) is 5.73 Å². The molecule has 0 aliphatic heterocycles. The number of benzene rings is 2. The maximum atomic E-state index is 11.8. The number of nitrogens with one attached hydrogen (secondary N) is 2. The van der Waals surface area contributed by atoms with E-state index in [1.165, 1.54) is 42.5 Å². The third-order valence-corrected chi connectivity index (χ3v) is 3.05. The fraction of sp³-hybridized carbons (Fsp3) is 0.0625. The lowest BCUT2D eigenvalue weighted by Gasteiger charge is -2.10. The van der Waals surface area contributed by atoms with E-state index in [4.69, 9.17) is 21.0 Å². The molecule has 8 nitrogen and oxygen atoms in total. The predicted octanol–water partition coefficient (Wildman–Crippen LogP) is 1.39. The number of amidine groups is 1. The van der Waals surface area contributed by atoms with Gasteiger partial charge in [-0.15, -0.1) is 0 Å². The van der Waals surface area contributed by atoms with Crippen molar-refractivity contribution in [1.29, 1.82) is 5.41 Å². The molecule has 0 heterocycles. The monoisotopic (exact) mass is 329 g/mol. The van der Waals surface area contributed by atoms with Crippen molar-refractivity contribution in [3.05, 3.63) is 53.6 Å². The molecule has 0 spiro atoms. The maximum Gasteiger partial charge on any atom is 0.335 e. The number of carboxylic acids is 1. The van der Waals surface area contributed by atoms with Gasteiger partial charge in [0.1, 0.15) is 5.84 Å². The van der Waals surface area contributed by atoms with E-state index in [0.717, 1.165) is 0 Å². The average Bonchev–Trinajstić information content (AvgIpc) is 2.54. The molecule has 2 aromatic rings. The van der Waals surface area contributed by atoms with Gasteiger partial charge < -0.3 is 26.0 Å². The van der Waals surface area contributed by atoms with Crippen molar-refractivity contribution in [2.45, 2.75) is 0 Å². The zero-order valence-corrected chi connectivity index (χ0v) is 12.4. The van der Waals surface area contributed by atoms with Crippen LogP contribution in [0.3, 0.4) is 0 Å². The van der Waals surface area contributed by atoms with Gasteiger partial charge in [0.25, 0.3) is 5.91 Å². The molecule has 0 fully saturated rings. The second kappa shape index (κ2) is 7.14. The number of carbonyl (C=O) groups is 2. The Balaban J connectivity index is 1.97. The van der Waals surface area contributed by atoms with Crippen LogP contribution in [-0.4, -0.2) is 34.5 Å². The van der Waals surface area contributed by atoms with Gasteiger partial charge in [0.2, 0.25) is 0 Å². The molecular formula is C16H15N3O5. The number of ether oxygens (including phenoxy) is 1. The number of aromatic carboxylic acids is 1. The first-order valence-electron chi connectivity index (χ1n) is 6.80. The maximum absolute atomic E-state index is 11.8. The van der Waals surface area contributed by atoms with Gasteiger partial charge in [-0.05, 0) is 42.5 Å². The van der Waals surface area contributed by atoms with Crippen LogP contribution < -0.4 is 15.8 Å². The zero-order valence-electron chi connectivity index (χ0n) is 12.4. The van der Waals surface area contributed by atoms with Gasteiger partial charge in [0, 0.05) is 11.3 Å². The molecule has 24 heavy (non-hydrogen) atoms. The van der Waals surface area contributed by atoms with Crippen LogP contribution in [0.2, 0.25) is 0 Å². The van der Waals surface area contributed by atoms with Crippen molar-refractivity contribution in [1.82, 2.24) is 0 Å². The highest BCUT2D eigenvalue weighted by atomic mass is 16.5. The van der Waals surface area contributed by atoms with Crippen LogP contribution in [0.5, 0.6) is 11.5 Å². The fourth-order valence-corrected chi connectivity index (χ4v) is 1.83. The van der Waals surface area contributed by atoms with Gasteiger partial charge in [0.05, 0.1) is 5.56 Å². The lowest BCUT2D eigenvalue weighted by atomic mass is 10.2. The largest absolute Gasteiger partial charge is 0.504 e. The lowest BCUT2D eigenvalue weighted by Crippen LogP contribution is -2.20. The Bertz CT molecular complexity index is 787. The third kappa shape index (κ3) is 4.23. The molecule has 0 saturated carbocycles. The SMILES string of the molecule is N=C(N)c1ccc(O)c(OCC(=O)Nc2ccc(C(=O)O)cc2)c1. The van der Waals surface area contributed by atoms with Crippen molar-refractivity contribution in [3.8, 4) is 11.5 Å². The molecule has 0 aromatic heterocycles. The molecule has 2 rings (SSSR count). The standard InChI is InChI=1S/C16H15N3O5/c17-15(18)10-3-6-12(20)13(7-10)24-8-14(21)19-11-4-1-9(2-5-11)16(22)23/h1-7,20H,8H2,(H3,17,18)(H,19,21)(H,22,23). The number of aromatic hydroxyl groups is 1. The number of carboxylic acid groups (broad SMARTS) is 1. The summed E-state index contributed by atoms with van der Waals surface area (Å²) in [6.07, 6.45) is 0. The highest BCUT2D eigenvalue weighted by molar-refractivity contribution is 5.96. The van der Waals surface area contributed by atoms with Crippen molar-refractivity contribution in [2.75, 3.05) is 11.9 Å². The first kappa shape index (κ1) is 16.8. The zero-order chi connectivity index (χ0) is 17.7. The molecule has 0 aliphatic carbocycles. The Morgan fingerprint density at radius 3 is 2.33 bits per heavy atom. The van der Waals surface area contributed by atoms with Crippen LogP contribution in [0.4, 0.5) is 5.69 Å². The predicted molar refractivity (Wildman–Crippen MR) is 86.6 cm³/mol. The van der Waals surface area contributed by atoms with Crippen LogP contribution >= 0.6 is 0 Å². The van der Waals surface area contributed by atoms with E-state index in [1.54, 1.807) is 0 Å². The Hall–Kier alpha value is -3.55. The Morgan fingerprint density at radius 2 is 1.75 bits per heavy atom.